The van der Waals surface area contributed by atoms with E-state index in [1.165, 1.54) is 62.1 Å². The molecule has 5 aliphatic rings. The van der Waals surface area contributed by atoms with Crippen LogP contribution in [0, 0.1) is 11.3 Å². The zero-order valence-electron chi connectivity index (χ0n) is 17.2. The standard InChI is InChI=1S/C24H36N2S2/c1-23-11-20-13-24(16-23,18-5-3-2-4-6-18)14-21(12-23)28(20)22(27)26-19-9-7-17(15-25)8-10-19/h2-6,17,19-21,28H,7-16,25H2,1H3,(H,26,27)/t17-,19-,20?,21?,23?,24?. The average Bonchev–Trinajstić information content (AvgIpc) is 2.67. The minimum absolute atomic E-state index is 0.165. The van der Waals surface area contributed by atoms with E-state index in [9.17, 15) is 0 Å². The van der Waals surface area contributed by atoms with E-state index >= 15 is 0 Å². The smallest absolute Gasteiger partial charge is 0.114 e. The molecule has 3 saturated carbocycles. The van der Waals surface area contributed by atoms with Crippen molar-refractivity contribution in [3.05, 3.63) is 35.9 Å². The molecule has 2 saturated heterocycles. The Morgan fingerprint density at radius 3 is 2.32 bits per heavy atom. The zero-order valence-corrected chi connectivity index (χ0v) is 18.9. The second-order valence-electron chi connectivity index (χ2n) is 10.6. The Morgan fingerprint density at radius 1 is 1.07 bits per heavy atom. The second-order valence-corrected chi connectivity index (χ2v) is 14.0. The third kappa shape index (κ3) is 3.33. The molecule has 154 valence electrons. The van der Waals surface area contributed by atoms with Crippen molar-refractivity contribution in [2.45, 2.75) is 86.7 Å². The highest BCUT2D eigenvalue weighted by molar-refractivity contribution is 8.37. The van der Waals surface area contributed by atoms with Crippen molar-refractivity contribution in [3.8, 4) is 0 Å². The van der Waals surface area contributed by atoms with Crippen LogP contribution in [0.5, 0.6) is 0 Å². The van der Waals surface area contributed by atoms with E-state index in [4.69, 9.17) is 18.0 Å². The summed E-state index contributed by atoms with van der Waals surface area (Å²) in [7, 11) is -0.165. The van der Waals surface area contributed by atoms with Crippen molar-refractivity contribution >= 4 is 27.4 Å². The van der Waals surface area contributed by atoms with Gasteiger partial charge in [0.05, 0.1) is 0 Å². The summed E-state index contributed by atoms with van der Waals surface area (Å²) in [6, 6.07) is 12.0. The molecule has 0 spiro atoms. The van der Waals surface area contributed by atoms with Gasteiger partial charge >= 0.3 is 0 Å². The lowest BCUT2D eigenvalue weighted by atomic mass is 9.53. The van der Waals surface area contributed by atoms with Crippen LogP contribution in [0.25, 0.3) is 0 Å². The van der Waals surface area contributed by atoms with Gasteiger partial charge in [0.2, 0.25) is 0 Å². The van der Waals surface area contributed by atoms with Crippen molar-refractivity contribution in [1.82, 2.24) is 5.32 Å². The SMILES string of the molecule is CC12CC3CC(c4ccccc4)(CC(C1)[SH]3C(=S)N[C@H]1CC[C@H](CN)CC1)C2. The zero-order chi connectivity index (χ0) is 19.4. The molecule has 2 unspecified atom stereocenters. The molecule has 2 nitrogen and oxygen atoms in total. The van der Waals surface area contributed by atoms with E-state index in [0.29, 0.717) is 16.9 Å². The first kappa shape index (κ1) is 19.4. The molecule has 2 heterocycles. The Kier molecular flexibility index (Phi) is 5.04. The first-order chi connectivity index (χ1) is 13.5. The quantitative estimate of drug-likeness (QED) is 0.477. The number of rotatable bonds is 3. The molecule has 3 aliphatic carbocycles. The molecule has 0 radical (unpaired) electrons. The van der Waals surface area contributed by atoms with Crippen LogP contribution in [0.3, 0.4) is 0 Å². The maximum atomic E-state index is 6.10. The summed E-state index contributed by atoms with van der Waals surface area (Å²) in [5, 5.41) is 5.55. The second kappa shape index (κ2) is 7.28. The van der Waals surface area contributed by atoms with Gasteiger partial charge in [0.25, 0.3) is 0 Å². The Balaban J connectivity index is 1.32. The fourth-order valence-corrected chi connectivity index (χ4v) is 12.4. The maximum absolute atomic E-state index is 6.10. The Hall–Kier alpha value is -0.580. The Bertz CT molecular complexity index is 709. The van der Waals surface area contributed by atoms with Gasteiger partial charge in [-0.15, -0.1) is 0 Å². The predicted octanol–water partition coefficient (Wildman–Crippen LogP) is 5.05. The van der Waals surface area contributed by atoms with Gasteiger partial charge in [-0.3, -0.25) is 0 Å². The van der Waals surface area contributed by atoms with Crippen LogP contribution in [0.15, 0.2) is 30.3 Å². The van der Waals surface area contributed by atoms with E-state index in [-0.39, 0.29) is 10.9 Å². The maximum Gasteiger partial charge on any atom is 0.114 e. The monoisotopic (exact) mass is 416 g/mol. The Labute approximate surface area is 178 Å². The van der Waals surface area contributed by atoms with Gasteiger partial charge in [-0.25, -0.2) is 0 Å². The van der Waals surface area contributed by atoms with E-state index < -0.39 is 0 Å². The van der Waals surface area contributed by atoms with Crippen LogP contribution < -0.4 is 11.1 Å². The normalized spacial score (nSPS) is 45.7. The number of hydrogen-bond donors (Lipinski definition) is 3. The fourth-order valence-electron chi connectivity index (χ4n) is 7.40. The van der Waals surface area contributed by atoms with Crippen molar-refractivity contribution in [2.24, 2.45) is 17.1 Å². The molecule has 4 heteroatoms. The van der Waals surface area contributed by atoms with Crippen LogP contribution in [-0.2, 0) is 5.41 Å². The first-order valence-corrected chi connectivity index (χ1v) is 13.2. The van der Waals surface area contributed by atoms with Crippen LogP contribution >= 0.6 is 23.1 Å². The van der Waals surface area contributed by atoms with E-state index in [1.54, 1.807) is 5.56 Å². The summed E-state index contributed by atoms with van der Waals surface area (Å²) >= 11 is 6.10. The minimum atomic E-state index is -0.165. The fraction of sp³-hybridized carbons (Fsp3) is 0.708. The molecular formula is C24H36N2S2. The number of nitrogens with one attached hydrogen (secondary N) is 1. The van der Waals surface area contributed by atoms with Gasteiger partial charge in [0, 0.05) is 6.04 Å². The largest absolute Gasteiger partial charge is 0.370 e. The molecule has 6 rings (SSSR count). The summed E-state index contributed by atoms with van der Waals surface area (Å²) < 4.78 is 1.27. The Morgan fingerprint density at radius 2 is 1.71 bits per heavy atom. The minimum Gasteiger partial charge on any atom is -0.370 e. The third-order valence-electron chi connectivity index (χ3n) is 8.39. The van der Waals surface area contributed by atoms with Gasteiger partial charge in [-0.1, -0.05) is 49.5 Å². The summed E-state index contributed by atoms with van der Waals surface area (Å²) in [5.41, 5.74) is 8.44. The highest BCUT2D eigenvalue weighted by Gasteiger charge is 2.59. The van der Waals surface area contributed by atoms with Gasteiger partial charge in [-0.05, 0) is 97.1 Å². The first-order valence-electron chi connectivity index (χ1n) is 11.3. The summed E-state index contributed by atoms with van der Waals surface area (Å²) in [6.07, 6.45) is 12.0. The summed E-state index contributed by atoms with van der Waals surface area (Å²) in [6.45, 7) is 3.43. The summed E-state index contributed by atoms with van der Waals surface area (Å²) in [5.74, 6) is 0.740. The molecular weight excluding hydrogens is 380 g/mol. The molecule has 3 N–H and O–H groups in total. The average molecular weight is 417 g/mol. The van der Waals surface area contributed by atoms with Gasteiger partial charge in [0.1, 0.15) is 4.32 Å². The van der Waals surface area contributed by atoms with E-state index in [0.717, 1.165) is 23.0 Å². The van der Waals surface area contributed by atoms with E-state index in [2.05, 4.69) is 42.6 Å². The van der Waals surface area contributed by atoms with Crippen LogP contribution in [-0.4, -0.2) is 27.4 Å². The molecule has 28 heavy (non-hydrogen) atoms. The molecule has 1 aromatic carbocycles. The van der Waals surface area contributed by atoms with Crippen molar-refractivity contribution < 1.29 is 0 Å². The van der Waals surface area contributed by atoms with Crippen LogP contribution in [0.4, 0.5) is 0 Å². The number of hydrogen-bond acceptors (Lipinski definition) is 2. The van der Waals surface area contributed by atoms with E-state index in [1.807, 2.05) is 0 Å². The van der Waals surface area contributed by atoms with Crippen LogP contribution in [0.1, 0.15) is 70.3 Å². The molecule has 0 amide bonds. The predicted molar refractivity (Wildman–Crippen MR) is 126 cm³/mol. The number of thiol groups is 1. The lowest BCUT2D eigenvalue weighted by molar-refractivity contribution is 0.0626. The van der Waals surface area contributed by atoms with Gasteiger partial charge in [0.15, 0.2) is 0 Å². The lowest BCUT2D eigenvalue weighted by Crippen LogP contribution is -2.58. The molecule has 0 aromatic heterocycles. The molecule has 5 fully saturated rings. The molecule has 2 aliphatic heterocycles. The van der Waals surface area contributed by atoms with Crippen molar-refractivity contribution in [3.63, 3.8) is 0 Å². The third-order valence-corrected chi connectivity index (χ3v) is 12.0. The number of thiocarbonyl (C=S) groups is 1. The molecule has 2 atom stereocenters. The van der Waals surface area contributed by atoms with Gasteiger partial charge < -0.3 is 11.1 Å². The lowest BCUT2D eigenvalue weighted by Gasteiger charge is -2.65. The molecule has 1 aromatic rings. The highest BCUT2D eigenvalue weighted by atomic mass is 32.2. The number of nitrogens with two attached hydrogens (primary N) is 1. The molecule has 4 bridgehead atoms. The van der Waals surface area contributed by atoms with Crippen LogP contribution in [0.2, 0.25) is 0 Å². The number of benzene rings is 1. The van der Waals surface area contributed by atoms with Gasteiger partial charge in [-0.2, -0.15) is 10.9 Å². The summed E-state index contributed by atoms with van der Waals surface area (Å²) in [4.78, 5) is 0. The van der Waals surface area contributed by atoms with Crippen molar-refractivity contribution in [1.29, 1.82) is 0 Å². The topological polar surface area (TPSA) is 38.0 Å². The van der Waals surface area contributed by atoms with Crippen molar-refractivity contribution in [2.75, 3.05) is 6.54 Å². The highest BCUT2D eigenvalue weighted by Crippen LogP contribution is 2.70.